The number of imidazole rings is 1. The lowest BCUT2D eigenvalue weighted by atomic mass is 10.1. The molecule has 2 N–H and O–H groups in total. The zero-order chi connectivity index (χ0) is 17.1. The Morgan fingerprint density at radius 1 is 1.08 bits per heavy atom. The van der Waals surface area contributed by atoms with Crippen molar-refractivity contribution in [3.8, 4) is 0 Å². The molecule has 1 atom stereocenters. The first kappa shape index (κ1) is 15.3. The van der Waals surface area contributed by atoms with Crippen molar-refractivity contribution in [1.82, 2.24) is 19.5 Å². The minimum Gasteiger partial charge on any atom is -0.350 e. The Morgan fingerprint density at radius 3 is 2.68 bits per heavy atom. The van der Waals surface area contributed by atoms with Crippen molar-refractivity contribution < 1.29 is 4.79 Å². The van der Waals surface area contributed by atoms with Crippen LogP contribution in [0.25, 0.3) is 0 Å². The van der Waals surface area contributed by atoms with E-state index in [0.29, 0.717) is 18.2 Å². The Hall–Kier alpha value is -3.22. The summed E-state index contributed by atoms with van der Waals surface area (Å²) in [6.45, 7) is 0.658. The fraction of sp³-hybridized carbons (Fsp3) is 0.222. The van der Waals surface area contributed by atoms with Crippen molar-refractivity contribution in [3.05, 3.63) is 66.5 Å². The van der Waals surface area contributed by atoms with Crippen molar-refractivity contribution >= 4 is 17.5 Å². The maximum Gasteiger partial charge on any atom is 0.273 e. The Balaban J connectivity index is 1.50. The van der Waals surface area contributed by atoms with Gasteiger partial charge in [-0.15, -0.1) is 0 Å². The van der Waals surface area contributed by atoms with Crippen LogP contribution in [0, 0.1) is 0 Å². The third-order valence-electron chi connectivity index (χ3n) is 4.22. The van der Waals surface area contributed by atoms with Gasteiger partial charge < -0.3 is 15.2 Å². The summed E-state index contributed by atoms with van der Waals surface area (Å²) in [7, 11) is 0. The number of hydrogen-bond donors (Lipinski definition) is 2. The average Bonchev–Trinajstić information content (AvgIpc) is 3.07. The van der Waals surface area contributed by atoms with E-state index >= 15 is 0 Å². The summed E-state index contributed by atoms with van der Waals surface area (Å²) in [5, 5.41) is 6.24. The standard InChI is InChI=1S/C18H18N6O/c25-17(22-13-5-2-1-3-6-13)15-11-21-16-8-7-14(12-24(15)16)23-18-19-9-4-10-20-18/h1-6,9-11,14H,7-8,12H2,(H,22,25)(H,19,20,23)/t14-/m0/s1. The van der Waals surface area contributed by atoms with Crippen LogP contribution in [-0.4, -0.2) is 31.5 Å². The number of carbonyl (C=O) groups is 1. The van der Waals surface area contributed by atoms with Gasteiger partial charge in [0.05, 0.1) is 6.20 Å². The summed E-state index contributed by atoms with van der Waals surface area (Å²) in [6, 6.07) is 11.4. The average molecular weight is 334 g/mol. The molecular formula is C18H18N6O. The number of amides is 1. The lowest BCUT2D eigenvalue weighted by Gasteiger charge is -2.25. The highest BCUT2D eigenvalue weighted by atomic mass is 16.2. The first-order valence-corrected chi connectivity index (χ1v) is 8.24. The largest absolute Gasteiger partial charge is 0.350 e. The molecule has 0 radical (unpaired) electrons. The maximum absolute atomic E-state index is 12.6. The molecule has 1 amide bonds. The van der Waals surface area contributed by atoms with Gasteiger partial charge in [-0.3, -0.25) is 4.79 Å². The SMILES string of the molecule is O=C(Nc1ccccc1)c1cnc2n1C[C@@H](Nc1ncccn1)CC2. The normalized spacial score (nSPS) is 16.1. The van der Waals surface area contributed by atoms with Crippen LogP contribution in [0.5, 0.6) is 0 Å². The fourth-order valence-corrected chi connectivity index (χ4v) is 3.00. The van der Waals surface area contributed by atoms with E-state index in [1.54, 1.807) is 24.7 Å². The van der Waals surface area contributed by atoms with Crippen LogP contribution in [0.1, 0.15) is 22.7 Å². The zero-order valence-electron chi connectivity index (χ0n) is 13.6. The summed E-state index contributed by atoms with van der Waals surface area (Å²) in [4.78, 5) is 25.4. The lowest BCUT2D eigenvalue weighted by Crippen LogP contribution is -2.34. The molecule has 2 aromatic heterocycles. The van der Waals surface area contributed by atoms with Crippen molar-refractivity contribution in [2.24, 2.45) is 0 Å². The van der Waals surface area contributed by atoms with Crippen molar-refractivity contribution in [3.63, 3.8) is 0 Å². The predicted molar refractivity (Wildman–Crippen MR) is 94.4 cm³/mol. The number of fused-ring (bicyclic) bond motifs is 1. The van der Waals surface area contributed by atoms with Gasteiger partial charge in [-0.25, -0.2) is 15.0 Å². The number of para-hydroxylation sites is 1. The van der Waals surface area contributed by atoms with Crippen molar-refractivity contribution in [1.29, 1.82) is 0 Å². The van der Waals surface area contributed by atoms with Crippen LogP contribution < -0.4 is 10.6 Å². The molecule has 1 aliphatic rings. The Bertz CT molecular complexity index is 862. The van der Waals surface area contributed by atoms with Gasteiger partial charge in [-0.2, -0.15) is 0 Å². The van der Waals surface area contributed by atoms with E-state index < -0.39 is 0 Å². The molecule has 0 aliphatic carbocycles. The smallest absolute Gasteiger partial charge is 0.273 e. The van der Waals surface area contributed by atoms with E-state index in [1.807, 2.05) is 34.9 Å². The van der Waals surface area contributed by atoms with Crippen LogP contribution in [0.15, 0.2) is 55.0 Å². The molecular weight excluding hydrogens is 316 g/mol. The molecule has 1 aliphatic heterocycles. The molecule has 7 heteroatoms. The molecule has 3 heterocycles. The minimum absolute atomic E-state index is 0.151. The van der Waals surface area contributed by atoms with E-state index in [-0.39, 0.29) is 11.9 Å². The van der Waals surface area contributed by atoms with E-state index in [9.17, 15) is 4.79 Å². The summed E-state index contributed by atoms with van der Waals surface area (Å²) in [5.41, 5.74) is 1.34. The molecule has 0 saturated carbocycles. The lowest BCUT2D eigenvalue weighted by molar-refractivity contribution is 0.101. The van der Waals surface area contributed by atoms with Gasteiger partial charge in [-0.1, -0.05) is 18.2 Å². The Labute approximate surface area is 145 Å². The maximum atomic E-state index is 12.6. The van der Waals surface area contributed by atoms with Gasteiger partial charge in [0.1, 0.15) is 11.5 Å². The monoisotopic (exact) mass is 334 g/mol. The second-order valence-corrected chi connectivity index (χ2v) is 5.94. The van der Waals surface area contributed by atoms with E-state index in [4.69, 9.17) is 0 Å². The predicted octanol–water partition coefficient (Wildman–Crippen LogP) is 2.35. The summed E-state index contributed by atoms with van der Waals surface area (Å²) >= 11 is 0. The zero-order valence-corrected chi connectivity index (χ0v) is 13.6. The number of nitrogens with zero attached hydrogens (tertiary/aromatic N) is 4. The molecule has 3 aromatic rings. The molecule has 0 spiro atoms. The van der Waals surface area contributed by atoms with Crippen molar-refractivity contribution in [2.45, 2.75) is 25.4 Å². The van der Waals surface area contributed by atoms with Gasteiger partial charge in [-0.05, 0) is 24.6 Å². The Morgan fingerprint density at radius 2 is 1.88 bits per heavy atom. The van der Waals surface area contributed by atoms with Gasteiger partial charge in [0.2, 0.25) is 5.95 Å². The first-order valence-electron chi connectivity index (χ1n) is 8.24. The van der Waals surface area contributed by atoms with Crippen LogP contribution in [0.2, 0.25) is 0 Å². The number of anilines is 2. The topological polar surface area (TPSA) is 84.7 Å². The second-order valence-electron chi connectivity index (χ2n) is 5.94. The first-order chi connectivity index (χ1) is 12.3. The molecule has 0 fully saturated rings. The number of aromatic nitrogens is 4. The third-order valence-corrected chi connectivity index (χ3v) is 4.22. The van der Waals surface area contributed by atoms with Gasteiger partial charge in [0.25, 0.3) is 5.91 Å². The second kappa shape index (κ2) is 6.72. The highest BCUT2D eigenvalue weighted by Crippen LogP contribution is 2.19. The number of rotatable bonds is 4. The number of aryl methyl sites for hydroxylation is 1. The van der Waals surface area contributed by atoms with Crippen LogP contribution in [0.4, 0.5) is 11.6 Å². The van der Waals surface area contributed by atoms with Crippen LogP contribution in [0.3, 0.4) is 0 Å². The molecule has 126 valence electrons. The number of benzene rings is 1. The van der Waals surface area contributed by atoms with Gasteiger partial charge in [0.15, 0.2) is 0 Å². The molecule has 1 aromatic carbocycles. The highest BCUT2D eigenvalue weighted by Gasteiger charge is 2.24. The highest BCUT2D eigenvalue weighted by molar-refractivity contribution is 6.03. The molecule has 0 saturated heterocycles. The number of nitrogens with one attached hydrogen (secondary N) is 2. The quantitative estimate of drug-likeness (QED) is 0.765. The molecule has 0 unspecified atom stereocenters. The summed E-state index contributed by atoms with van der Waals surface area (Å²) < 4.78 is 1.97. The summed E-state index contributed by atoms with van der Waals surface area (Å²) in [6.07, 6.45) is 6.80. The van der Waals surface area contributed by atoms with E-state index in [1.165, 1.54) is 0 Å². The molecule has 25 heavy (non-hydrogen) atoms. The molecule has 7 nitrogen and oxygen atoms in total. The minimum atomic E-state index is -0.151. The number of hydrogen-bond acceptors (Lipinski definition) is 5. The Kier molecular flexibility index (Phi) is 4.12. The van der Waals surface area contributed by atoms with Crippen LogP contribution in [-0.2, 0) is 13.0 Å². The van der Waals surface area contributed by atoms with Crippen molar-refractivity contribution in [2.75, 3.05) is 10.6 Å². The fourth-order valence-electron chi connectivity index (χ4n) is 3.00. The number of carbonyl (C=O) groups excluding carboxylic acids is 1. The molecule has 4 rings (SSSR count). The van der Waals surface area contributed by atoms with Crippen LogP contribution >= 0.6 is 0 Å². The summed E-state index contributed by atoms with van der Waals surface area (Å²) in [5.74, 6) is 1.39. The molecule has 0 bridgehead atoms. The van der Waals surface area contributed by atoms with Gasteiger partial charge >= 0.3 is 0 Å². The van der Waals surface area contributed by atoms with E-state index in [2.05, 4.69) is 25.6 Å². The third kappa shape index (κ3) is 3.35. The van der Waals surface area contributed by atoms with E-state index in [0.717, 1.165) is 24.4 Å². The van der Waals surface area contributed by atoms with Gasteiger partial charge in [0, 0.05) is 37.1 Å².